The Morgan fingerprint density at radius 1 is 1.04 bits per heavy atom. The number of hydrogen-bond donors (Lipinski definition) is 1. The van der Waals surface area contributed by atoms with Gasteiger partial charge in [0.1, 0.15) is 7.85 Å². The molecule has 0 spiro atoms. The molecule has 28 heavy (non-hydrogen) atoms. The number of likely N-dealkylation sites (N-methyl/N-ethyl adjacent to an activating group) is 1. The minimum absolute atomic E-state index is 0.0832. The van der Waals surface area contributed by atoms with Crippen LogP contribution in [0.5, 0.6) is 11.5 Å². The SMILES string of the molecule is CC.CC.[B]C1(O)CC(C)(C)[C@@H]2N(C)CC[C@]2(c2ccc(OC)c(OC)c2)C1. The first-order valence-electron chi connectivity index (χ1n) is 10.6. The molecule has 1 aliphatic heterocycles. The Hall–Kier alpha value is -1.20. The van der Waals surface area contributed by atoms with Crippen LogP contribution in [0, 0.1) is 5.41 Å². The van der Waals surface area contributed by atoms with Crippen molar-refractivity contribution in [1.29, 1.82) is 0 Å². The first-order valence-corrected chi connectivity index (χ1v) is 10.6. The molecule has 3 atom stereocenters. The van der Waals surface area contributed by atoms with Crippen molar-refractivity contribution in [2.24, 2.45) is 5.41 Å². The number of aliphatic hydroxyl groups is 1. The number of benzene rings is 1. The largest absolute Gasteiger partial charge is 0.493 e. The van der Waals surface area contributed by atoms with Gasteiger partial charge in [-0.2, -0.15) is 0 Å². The first-order chi connectivity index (χ1) is 13.1. The summed E-state index contributed by atoms with van der Waals surface area (Å²) in [6.07, 6.45) is 2.14. The van der Waals surface area contributed by atoms with Crippen molar-refractivity contribution < 1.29 is 14.6 Å². The van der Waals surface area contributed by atoms with Crippen molar-refractivity contribution >= 4 is 7.85 Å². The number of likely N-dealkylation sites (tertiary alicyclic amines) is 1. The van der Waals surface area contributed by atoms with Crippen LogP contribution in [0.2, 0.25) is 0 Å². The molecule has 0 bridgehead atoms. The quantitative estimate of drug-likeness (QED) is 0.780. The summed E-state index contributed by atoms with van der Waals surface area (Å²) in [4.78, 5) is 2.42. The molecule has 1 saturated carbocycles. The van der Waals surface area contributed by atoms with Gasteiger partial charge < -0.3 is 19.5 Å². The minimum Gasteiger partial charge on any atom is -0.493 e. The smallest absolute Gasteiger partial charge is 0.161 e. The molecule has 5 heteroatoms. The van der Waals surface area contributed by atoms with Gasteiger partial charge in [-0.1, -0.05) is 47.6 Å². The highest BCUT2D eigenvalue weighted by atomic mass is 16.5. The van der Waals surface area contributed by atoms with Gasteiger partial charge in [0.15, 0.2) is 11.5 Å². The van der Waals surface area contributed by atoms with Gasteiger partial charge in [-0.3, -0.25) is 0 Å². The summed E-state index contributed by atoms with van der Waals surface area (Å²) in [7, 11) is 11.8. The molecule has 4 nitrogen and oxygen atoms in total. The zero-order valence-electron chi connectivity index (χ0n) is 19.4. The number of hydrogen-bond acceptors (Lipinski definition) is 4. The van der Waals surface area contributed by atoms with Crippen LogP contribution >= 0.6 is 0 Å². The number of methoxy groups -OCH3 is 2. The van der Waals surface area contributed by atoms with E-state index in [1.165, 1.54) is 5.56 Å². The summed E-state index contributed by atoms with van der Waals surface area (Å²) in [5, 5.41) is 10.8. The lowest BCUT2D eigenvalue weighted by atomic mass is 9.49. The second-order valence-electron chi connectivity index (χ2n) is 8.30. The van der Waals surface area contributed by atoms with Gasteiger partial charge in [0, 0.05) is 17.0 Å². The Labute approximate surface area is 174 Å². The number of nitrogens with zero attached hydrogens (tertiary/aromatic N) is 1. The molecule has 1 aromatic carbocycles. The predicted octanol–water partition coefficient (Wildman–Crippen LogP) is 4.38. The van der Waals surface area contributed by atoms with E-state index in [0.717, 1.165) is 24.5 Å². The maximum Gasteiger partial charge on any atom is 0.161 e. The molecule has 1 saturated heterocycles. The van der Waals surface area contributed by atoms with Crippen molar-refractivity contribution in [2.75, 3.05) is 27.8 Å². The molecule has 1 heterocycles. The van der Waals surface area contributed by atoms with E-state index >= 15 is 0 Å². The summed E-state index contributed by atoms with van der Waals surface area (Å²) in [6.45, 7) is 13.4. The topological polar surface area (TPSA) is 41.9 Å². The van der Waals surface area contributed by atoms with E-state index in [2.05, 4.69) is 37.9 Å². The molecule has 1 aromatic rings. The lowest BCUT2D eigenvalue weighted by Gasteiger charge is -2.56. The lowest BCUT2D eigenvalue weighted by Crippen LogP contribution is -2.61. The van der Waals surface area contributed by atoms with E-state index in [0.29, 0.717) is 18.9 Å². The Balaban J connectivity index is 0.000000921. The number of fused-ring (bicyclic) bond motifs is 1. The second kappa shape index (κ2) is 9.54. The third kappa shape index (κ3) is 4.51. The predicted molar refractivity (Wildman–Crippen MR) is 119 cm³/mol. The average molecular weight is 389 g/mol. The average Bonchev–Trinajstić information content (AvgIpc) is 3.00. The molecule has 1 aliphatic carbocycles. The van der Waals surface area contributed by atoms with Crippen molar-refractivity contribution in [3.8, 4) is 11.5 Å². The van der Waals surface area contributed by atoms with E-state index < -0.39 is 5.50 Å². The van der Waals surface area contributed by atoms with Crippen LogP contribution in [0.25, 0.3) is 0 Å². The maximum absolute atomic E-state index is 10.8. The number of rotatable bonds is 3. The van der Waals surface area contributed by atoms with E-state index in [1.54, 1.807) is 14.2 Å². The monoisotopic (exact) mass is 389 g/mol. The van der Waals surface area contributed by atoms with Crippen LogP contribution in [0.3, 0.4) is 0 Å². The van der Waals surface area contributed by atoms with Gasteiger partial charge in [-0.25, -0.2) is 0 Å². The fourth-order valence-electron chi connectivity index (χ4n) is 5.64. The highest BCUT2D eigenvalue weighted by Crippen LogP contribution is 2.57. The summed E-state index contributed by atoms with van der Waals surface area (Å²) >= 11 is 0. The molecule has 2 radical (unpaired) electrons. The van der Waals surface area contributed by atoms with E-state index in [1.807, 2.05) is 33.8 Å². The summed E-state index contributed by atoms with van der Waals surface area (Å²) < 4.78 is 10.9. The van der Waals surface area contributed by atoms with Crippen molar-refractivity contribution in [3.05, 3.63) is 23.8 Å². The van der Waals surface area contributed by atoms with Crippen LogP contribution < -0.4 is 9.47 Å². The van der Waals surface area contributed by atoms with Crippen LogP contribution in [0.1, 0.15) is 66.4 Å². The van der Waals surface area contributed by atoms with Gasteiger partial charge in [0.2, 0.25) is 0 Å². The molecular weight excluding hydrogens is 349 g/mol. The van der Waals surface area contributed by atoms with Crippen LogP contribution in [-0.2, 0) is 5.41 Å². The Morgan fingerprint density at radius 3 is 2.14 bits per heavy atom. The van der Waals surface area contributed by atoms with E-state index in [9.17, 15) is 5.11 Å². The third-order valence-corrected chi connectivity index (χ3v) is 5.96. The van der Waals surface area contributed by atoms with E-state index in [4.69, 9.17) is 17.3 Å². The van der Waals surface area contributed by atoms with Gasteiger partial charge in [-0.05, 0) is 56.0 Å². The summed E-state index contributed by atoms with van der Waals surface area (Å²) in [5.41, 5.74) is -0.246. The van der Waals surface area contributed by atoms with Gasteiger partial charge in [-0.15, -0.1) is 0 Å². The van der Waals surface area contributed by atoms with Crippen molar-refractivity contribution in [3.63, 3.8) is 0 Å². The van der Waals surface area contributed by atoms with Crippen LogP contribution in [0.15, 0.2) is 18.2 Å². The standard InChI is InChI=1S/C19H28BNO3.2C2H6/c1-17(2)11-19(20,22)12-18(8-9-21(3)16(17)18)13-6-7-14(23-4)15(10-13)24-5;2*1-2/h6-7,10,16,22H,8-9,11-12H2,1-5H3;2*1-2H3/t16-,18+,19?;;/m0../s1. The minimum atomic E-state index is -1.15. The first kappa shape index (κ1) is 24.8. The summed E-state index contributed by atoms with van der Waals surface area (Å²) in [6, 6.07) is 6.44. The zero-order valence-corrected chi connectivity index (χ0v) is 19.4. The zero-order chi connectivity index (χ0) is 21.8. The molecule has 0 amide bonds. The Kier molecular flexibility index (Phi) is 8.46. The Bertz CT molecular complexity index is 632. The van der Waals surface area contributed by atoms with Gasteiger partial charge >= 0.3 is 0 Å². The fourth-order valence-corrected chi connectivity index (χ4v) is 5.64. The van der Waals surface area contributed by atoms with Gasteiger partial charge in [0.05, 0.1) is 14.2 Å². The second-order valence-corrected chi connectivity index (χ2v) is 8.30. The molecule has 1 N–H and O–H groups in total. The highest BCUT2D eigenvalue weighted by Gasteiger charge is 2.60. The van der Waals surface area contributed by atoms with Crippen LogP contribution in [-0.4, -0.2) is 57.2 Å². The molecule has 2 aliphatic rings. The summed E-state index contributed by atoms with van der Waals surface area (Å²) in [5.74, 6) is 1.44. The molecular formula is C23H40BNO3. The van der Waals surface area contributed by atoms with Gasteiger partial charge in [0.25, 0.3) is 0 Å². The lowest BCUT2D eigenvalue weighted by molar-refractivity contribution is -0.0491. The highest BCUT2D eigenvalue weighted by molar-refractivity contribution is 6.14. The number of ether oxygens (including phenoxy) is 2. The molecule has 1 unspecified atom stereocenters. The maximum atomic E-state index is 10.8. The molecule has 158 valence electrons. The normalized spacial score (nSPS) is 30.9. The van der Waals surface area contributed by atoms with Crippen LogP contribution in [0.4, 0.5) is 0 Å². The molecule has 0 aromatic heterocycles. The molecule has 2 fully saturated rings. The Morgan fingerprint density at radius 2 is 1.61 bits per heavy atom. The van der Waals surface area contributed by atoms with E-state index in [-0.39, 0.29) is 10.8 Å². The van der Waals surface area contributed by atoms with Crippen molar-refractivity contribution in [2.45, 2.75) is 77.8 Å². The van der Waals surface area contributed by atoms with Crippen molar-refractivity contribution in [1.82, 2.24) is 4.90 Å². The fraction of sp³-hybridized carbons (Fsp3) is 0.739. The third-order valence-electron chi connectivity index (χ3n) is 5.96. The molecule has 3 rings (SSSR count).